The standard InChI is InChI=1S/C13H18N2O/c1-9(10(2)16)8-13(15-3)11-4-6-12(14)7-5-11/h4-7,13,15H,1,8,14H2,2-3H3/t13-/m0/s1. The first-order valence-corrected chi connectivity index (χ1v) is 5.26. The number of hydrogen-bond donors (Lipinski definition) is 2. The van der Waals surface area contributed by atoms with Crippen LogP contribution in [0.5, 0.6) is 0 Å². The molecule has 3 heteroatoms. The second-order valence-corrected chi connectivity index (χ2v) is 3.87. The first kappa shape index (κ1) is 12.5. The molecule has 0 aliphatic carbocycles. The average molecular weight is 218 g/mol. The summed E-state index contributed by atoms with van der Waals surface area (Å²) in [6.07, 6.45) is 0.621. The Kier molecular flexibility index (Phi) is 4.26. The predicted octanol–water partition coefficient (Wildman–Crippen LogP) is 2.06. The highest BCUT2D eigenvalue weighted by Gasteiger charge is 2.12. The fraction of sp³-hybridized carbons (Fsp3) is 0.308. The first-order valence-electron chi connectivity index (χ1n) is 5.26. The minimum Gasteiger partial charge on any atom is -0.399 e. The van der Waals surface area contributed by atoms with E-state index >= 15 is 0 Å². The molecule has 0 radical (unpaired) electrons. The highest BCUT2D eigenvalue weighted by atomic mass is 16.1. The topological polar surface area (TPSA) is 55.1 Å². The quantitative estimate of drug-likeness (QED) is 0.587. The van der Waals surface area contributed by atoms with Crippen molar-refractivity contribution < 1.29 is 4.79 Å². The Bertz CT molecular complexity index is 381. The van der Waals surface area contributed by atoms with Gasteiger partial charge in [-0.05, 0) is 43.7 Å². The molecule has 0 heterocycles. The average Bonchev–Trinajstić information content (AvgIpc) is 2.26. The molecule has 0 fully saturated rings. The number of hydrogen-bond acceptors (Lipinski definition) is 3. The number of nitrogens with two attached hydrogens (primary N) is 1. The van der Waals surface area contributed by atoms with Crippen LogP contribution in [0, 0.1) is 0 Å². The number of ketones is 1. The molecule has 0 amide bonds. The molecule has 0 aromatic heterocycles. The van der Waals surface area contributed by atoms with Crippen LogP contribution in [0.15, 0.2) is 36.4 Å². The Morgan fingerprint density at radius 1 is 1.44 bits per heavy atom. The van der Waals surface area contributed by atoms with E-state index in [0.29, 0.717) is 12.0 Å². The molecule has 0 bridgehead atoms. The van der Waals surface area contributed by atoms with E-state index < -0.39 is 0 Å². The Labute approximate surface area is 96.3 Å². The fourth-order valence-corrected chi connectivity index (χ4v) is 1.51. The summed E-state index contributed by atoms with van der Waals surface area (Å²) in [6, 6.07) is 7.75. The lowest BCUT2D eigenvalue weighted by molar-refractivity contribution is -0.113. The number of benzene rings is 1. The minimum absolute atomic E-state index is 0.0377. The van der Waals surface area contributed by atoms with Crippen molar-refractivity contribution >= 4 is 11.5 Å². The zero-order valence-corrected chi connectivity index (χ0v) is 9.79. The molecule has 86 valence electrons. The van der Waals surface area contributed by atoms with E-state index in [4.69, 9.17) is 5.73 Å². The molecule has 0 aliphatic heterocycles. The normalized spacial score (nSPS) is 12.1. The van der Waals surface area contributed by atoms with Crippen LogP contribution in [0.25, 0.3) is 0 Å². The lowest BCUT2D eigenvalue weighted by Gasteiger charge is -2.17. The molecule has 3 nitrogen and oxygen atoms in total. The van der Waals surface area contributed by atoms with Crippen molar-refractivity contribution in [3.63, 3.8) is 0 Å². The zero-order chi connectivity index (χ0) is 12.1. The molecular weight excluding hydrogens is 200 g/mol. The third kappa shape index (κ3) is 3.21. The van der Waals surface area contributed by atoms with Gasteiger partial charge in [0.25, 0.3) is 0 Å². The predicted molar refractivity (Wildman–Crippen MR) is 67.1 cm³/mol. The van der Waals surface area contributed by atoms with E-state index in [9.17, 15) is 4.79 Å². The van der Waals surface area contributed by atoms with Gasteiger partial charge in [0.05, 0.1) is 0 Å². The van der Waals surface area contributed by atoms with Crippen LogP contribution >= 0.6 is 0 Å². The minimum atomic E-state index is 0.0377. The Balaban J connectivity index is 2.78. The number of carbonyl (C=O) groups excluding carboxylic acids is 1. The van der Waals surface area contributed by atoms with Crippen LogP contribution < -0.4 is 11.1 Å². The largest absolute Gasteiger partial charge is 0.399 e. The third-order valence-electron chi connectivity index (χ3n) is 2.64. The van der Waals surface area contributed by atoms with E-state index in [1.54, 1.807) is 0 Å². The maximum atomic E-state index is 11.1. The van der Waals surface area contributed by atoms with Gasteiger partial charge in [-0.1, -0.05) is 18.7 Å². The number of carbonyl (C=O) groups is 1. The van der Waals surface area contributed by atoms with Crippen LogP contribution in [-0.4, -0.2) is 12.8 Å². The maximum Gasteiger partial charge on any atom is 0.155 e. The van der Waals surface area contributed by atoms with Crippen molar-refractivity contribution in [1.29, 1.82) is 0 Å². The second-order valence-electron chi connectivity index (χ2n) is 3.87. The lowest BCUT2D eigenvalue weighted by Crippen LogP contribution is -2.18. The summed E-state index contributed by atoms with van der Waals surface area (Å²) >= 11 is 0. The van der Waals surface area contributed by atoms with Gasteiger partial charge >= 0.3 is 0 Å². The summed E-state index contributed by atoms with van der Waals surface area (Å²) in [5.41, 5.74) is 8.11. The Morgan fingerprint density at radius 3 is 2.44 bits per heavy atom. The Hall–Kier alpha value is -1.61. The van der Waals surface area contributed by atoms with Crippen LogP contribution in [0.4, 0.5) is 5.69 Å². The molecule has 1 aromatic carbocycles. The number of nitrogen functional groups attached to an aromatic ring is 1. The molecule has 0 aliphatic rings. The number of rotatable bonds is 5. The van der Waals surface area contributed by atoms with Crippen molar-refractivity contribution in [1.82, 2.24) is 5.32 Å². The zero-order valence-electron chi connectivity index (χ0n) is 9.79. The van der Waals surface area contributed by atoms with E-state index in [2.05, 4.69) is 11.9 Å². The molecule has 1 rings (SSSR count). The fourth-order valence-electron chi connectivity index (χ4n) is 1.51. The summed E-state index contributed by atoms with van der Waals surface area (Å²) in [4.78, 5) is 11.1. The lowest BCUT2D eigenvalue weighted by atomic mass is 9.98. The summed E-state index contributed by atoms with van der Waals surface area (Å²) in [5, 5.41) is 3.17. The van der Waals surface area contributed by atoms with Gasteiger partial charge in [0.1, 0.15) is 0 Å². The van der Waals surface area contributed by atoms with Crippen molar-refractivity contribution in [2.24, 2.45) is 0 Å². The van der Waals surface area contributed by atoms with Crippen molar-refractivity contribution in [3.8, 4) is 0 Å². The first-order chi connectivity index (χ1) is 7.54. The van der Waals surface area contributed by atoms with Gasteiger partial charge in [0, 0.05) is 11.7 Å². The monoisotopic (exact) mass is 218 g/mol. The Morgan fingerprint density at radius 2 is 2.00 bits per heavy atom. The summed E-state index contributed by atoms with van der Waals surface area (Å²) in [6.45, 7) is 5.31. The number of nitrogens with one attached hydrogen (secondary N) is 1. The van der Waals surface area contributed by atoms with Crippen molar-refractivity contribution in [3.05, 3.63) is 42.0 Å². The molecular formula is C13H18N2O. The SMILES string of the molecule is C=C(C[C@H](NC)c1ccc(N)cc1)C(C)=O. The number of anilines is 1. The molecule has 1 atom stereocenters. The summed E-state index contributed by atoms with van der Waals surface area (Å²) in [5.74, 6) is 0.0377. The van der Waals surface area contributed by atoms with E-state index in [1.807, 2.05) is 31.3 Å². The highest BCUT2D eigenvalue weighted by Crippen LogP contribution is 2.21. The molecule has 0 saturated heterocycles. The van der Waals surface area contributed by atoms with Gasteiger partial charge in [-0.3, -0.25) is 4.79 Å². The van der Waals surface area contributed by atoms with Crippen LogP contribution in [0.3, 0.4) is 0 Å². The summed E-state index contributed by atoms with van der Waals surface area (Å²) in [7, 11) is 1.87. The molecule has 16 heavy (non-hydrogen) atoms. The van der Waals surface area contributed by atoms with Crippen molar-refractivity contribution in [2.75, 3.05) is 12.8 Å². The van der Waals surface area contributed by atoms with E-state index in [1.165, 1.54) is 6.92 Å². The van der Waals surface area contributed by atoms with Gasteiger partial charge in [0.15, 0.2) is 5.78 Å². The van der Waals surface area contributed by atoms with Crippen molar-refractivity contribution in [2.45, 2.75) is 19.4 Å². The van der Waals surface area contributed by atoms with Crippen LogP contribution in [0.1, 0.15) is 24.9 Å². The van der Waals surface area contributed by atoms with Gasteiger partial charge in [-0.2, -0.15) is 0 Å². The summed E-state index contributed by atoms with van der Waals surface area (Å²) < 4.78 is 0. The van der Waals surface area contributed by atoms with Crippen LogP contribution in [-0.2, 0) is 4.79 Å². The molecule has 0 unspecified atom stereocenters. The maximum absolute atomic E-state index is 11.1. The molecule has 3 N–H and O–H groups in total. The molecule has 1 aromatic rings. The van der Waals surface area contributed by atoms with Gasteiger partial charge in [0.2, 0.25) is 0 Å². The van der Waals surface area contributed by atoms with Crippen LogP contribution in [0.2, 0.25) is 0 Å². The number of Topliss-reactive ketones (excluding diaryl/α,β-unsaturated/α-hetero) is 1. The highest BCUT2D eigenvalue weighted by molar-refractivity contribution is 5.92. The van der Waals surface area contributed by atoms with Gasteiger partial charge in [-0.15, -0.1) is 0 Å². The van der Waals surface area contributed by atoms with E-state index in [0.717, 1.165) is 11.3 Å². The third-order valence-corrected chi connectivity index (χ3v) is 2.64. The van der Waals surface area contributed by atoms with E-state index in [-0.39, 0.29) is 11.8 Å². The smallest absolute Gasteiger partial charge is 0.155 e. The van der Waals surface area contributed by atoms with Gasteiger partial charge in [-0.25, -0.2) is 0 Å². The molecule has 0 saturated carbocycles. The second kappa shape index (κ2) is 5.47. The van der Waals surface area contributed by atoms with Gasteiger partial charge < -0.3 is 11.1 Å². The molecule has 0 spiro atoms.